The summed E-state index contributed by atoms with van der Waals surface area (Å²) in [5.74, 6) is -0.0313. The summed E-state index contributed by atoms with van der Waals surface area (Å²) in [6.07, 6.45) is 1.03. The van der Waals surface area contributed by atoms with Crippen molar-refractivity contribution in [1.29, 1.82) is 5.41 Å². The van der Waals surface area contributed by atoms with Crippen LogP contribution in [0.3, 0.4) is 0 Å². The van der Waals surface area contributed by atoms with E-state index >= 15 is 0 Å². The lowest BCUT2D eigenvalue weighted by atomic mass is 10.3. The molecular weight excluding hydrogens is 160 g/mol. The van der Waals surface area contributed by atoms with Crippen LogP contribution in [-0.2, 0) is 9.78 Å². The molecule has 0 aromatic carbocycles. The summed E-state index contributed by atoms with van der Waals surface area (Å²) in [6, 6.07) is 0. The molecule has 0 heterocycles. The molecule has 0 aromatic heterocycles. The molecule has 0 amide bonds. The predicted octanol–water partition coefficient (Wildman–Crippen LogP) is -0.888. The van der Waals surface area contributed by atoms with Crippen molar-refractivity contribution in [3.8, 4) is 0 Å². The summed E-state index contributed by atoms with van der Waals surface area (Å²) in [4.78, 5) is 8.98. The number of rotatable bonds is 6. The minimum Gasteiger partial charge on any atom is -0.370 e. The van der Waals surface area contributed by atoms with Gasteiger partial charge in [-0.3, -0.25) is 5.41 Å². The first kappa shape index (κ1) is 11.2. The van der Waals surface area contributed by atoms with Crippen LogP contribution in [0.5, 0.6) is 0 Å². The first-order valence-corrected chi connectivity index (χ1v) is 3.69. The Morgan fingerprint density at radius 3 is 2.83 bits per heavy atom. The van der Waals surface area contributed by atoms with Crippen molar-refractivity contribution in [2.45, 2.75) is 19.1 Å². The lowest BCUT2D eigenvalue weighted by molar-refractivity contribution is -0.304. The van der Waals surface area contributed by atoms with Crippen LogP contribution in [0.2, 0.25) is 0 Å². The Morgan fingerprint density at radius 1 is 1.67 bits per heavy atom. The monoisotopic (exact) mass is 176 g/mol. The summed E-state index contributed by atoms with van der Waals surface area (Å²) in [6.45, 7) is 0.621. The second-order valence-electron chi connectivity index (χ2n) is 2.28. The molecule has 0 aliphatic heterocycles. The molecule has 6 N–H and O–H groups in total. The van der Waals surface area contributed by atoms with Crippen LogP contribution in [-0.4, -0.2) is 25.8 Å². The summed E-state index contributed by atoms with van der Waals surface area (Å²) < 4.78 is 0. The van der Waals surface area contributed by atoms with E-state index in [0.717, 1.165) is 6.42 Å². The third kappa shape index (κ3) is 7.26. The second-order valence-corrected chi connectivity index (χ2v) is 2.28. The molecule has 0 bridgehead atoms. The SMILES string of the molecule is COOC(N)CCCNC(=N)N. The summed E-state index contributed by atoms with van der Waals surface area (Å²) >= 11 is 0. The van der Waals surface area contributed by atoms with Crippen molar-refractivity contribution in [3.63, 3.8) is 0 Å². The first-order chi connectivity index (χ1) is 5.66. The van der Waals surface area contributed by atoms with Gasteiger partial charge in [-0.1, -0.05) is 0 Å². The molecule has 12 heavy (non-hydrogen) atoms. The molecule has 6 nitrogen and oxygen atoms in total. The number of nitrogens with two attached hydrogens (primary N) is 2. The third-order valence-corrected chi connectivity index (χ3v) is 1.20. The molecule has 0 radical (unpaired) electrons. The normalized spacial score (nSPS) is 12.5. The van der Waals surface area contributed by atoms with Gasteiger partial charge in [-0.2, -0.15) is 0 Å². The largest absolute Gasteiger partial charge is 0.370 e. The minimum absolute atomic E-state index is 0.0313. The van der Waals surface area contributed by atoms with Gasteiger partial charge in [0.15, 0.2) is 5.96 Å². The van der Waals surface area contributed by atoms with Gasteiger partial charge in [-0.05, 0) is 12.8 Å². The van der Waals surface area contributed by atoms with Crippen molar-refractivity contribution in [1.82, 2.24) is 5.32 Å². The molecule has 0 aliphatic carbocycles. The van der Waals surface area contributed by atoms with Gasteiger partial charge in [0.05, 0.1) is 7.11 Å². The van der Waals surface area contributed by atoms with E-state index in [9.17, 15) is 0 Å². The van der Waals surface area contributed by atoms with E-state index in [1.165, 1.54) is 7.11 Å². The maximum Gasteiger partial charge on any atom is 0.185 e. The highest BCUT2D eigenvalue weighted by atomic mass is 17.2. The van der Waals surface area contributed by atoms with Gasteiger partial charge in [0.2, 0.25) is 0 Å². The first-order valence-electron chi connectivity index (χ1n) is 3.69. The second kappa shape index (κ2) is 6.84. The maximum atomic E-state index is 6.84. The van der Waals surface area contributed by atoms with E-state index in [1.54, 1.807) is 0 Å². The van der Waals surface area contributed by atoms with E-state index in [1.807, 2.05) is 0 Å². The van der Waals surface area contributed by atoms with Crippen LogP contribution < -0.4 is 16.8 Å². The van der Waals surface area contributed by atoms with Crippen LogP contribution in [0.15, 0.2) is 0 Å². The van der Waals surface area contributed by atoms with Crippen LogP contribution in [0.4, 0.5) is 0 Å². The standard InChI is InChI=1S/C6H16N4O2/c1-11-12-5(7)3-2-4-10-6(8)9/h5H,2-4,7H2,1H3,(H4,8,9,10). The fourth-order valence-electron chi connectivity index (χ4n) is 0.698. The molecule has 72 valence electrons. The zero-order valence-electron chi connectivity index (χ0n) is 7.17. The zero-order valence-corrected chi connectivity index (χ0v) is 7.17. The van der Waals surface area contributed by atoms with Crippen LogP contribution in [0.1, 0.15) is 12.8 Å². The Hall–Kier alpha value is -0.850. The molecule has 0 spiro atoms. The Bertz CT molecular complexity index is 131. The quantitative estimate of drug-likeness (QED) is 0.105. The lowest BCUT2D eigenvalue weighted by Crippen LogP contribution is -2.32. The highest BCUT2D eigenvalue weighted by Gasteiger charge is 2.01. The molecule has 0 aliphatic rings. The topological polar surface area (TPSA) is 106 Å². The maximum absolute atomic E-state index is 6.84. The molecular formula is C6H16N4O2. The Morgan fingerprint density at radius 2 is 2.33 bits per heavy atom. The zero-order chi connectivity index (χ0) is 9.40. The number of hydrogen-bond acceptors (Lipinski definition) is 4. The van der Waals surface area contributed by atoms with Gasteiger partial charge >= 0.3 is 0 Å². The lowest BCUT2D eigenvalue weighted by Gasteiger charge is -2.09. The van der Waals surface area contributed by atoms with Crippen LogP contribution in [0.25, 0.3) is 0 Å². The van der Waals surface area contributed by atoms with E-state index in [2.05, 4.69) is 15.1 Å². The highest BCUT2D eigenvalue weighted by Crippen LogP contribution is 1.94. The van der Waals surface area contributed by atoms with E-state index in [0.29, 0.717) is 13.0 Å². The molecule has 0 aromatic rings. The van der Waals surface area contributed by atoms with Crippen molar-refractivity contribution < 1.29 is 9.78 Å². The minimum atomic E-state index is -0.413. The molecule has 1 atom stereocenters. The fraction of sp³-hybridized carbons (Fsp3) is 0.833. The van der Waals surface area contributed by atoms with Crippen molar-refractivity contribution in [2.75, 3.05) is 13.7 Å². The summed E-state index contributed by atoms with van der Waals surface area (Å²) in [7, 11) is 1.41. The van der Waals surface area contributed by atoms with Gasteiger partial charge in [-0.15, -0.1) is 0 Å². The summed E-state index contributed by atoms with van der Waals surface area (Å²) in [5, 5.41) is 9.49. The smallest absolute Gasteiger partial charge is 0.185 e. The molecule has 0 saturated heterocycles. The number of guanidine groups is 1. The Labute approximate surface area is 71.6 Å². The van der Waals surface area contributed by atoms with Gasteiger partial charge in [0, 0.05) is 6.54 Å². The average molecular weight is 176 g/mol. The molecule has 0 fully saturated rings. The van der Waals surface area contributed by atoms with E-state index in [-0.39, 0.29) is 5.96 Å². The van der Waals surface area contributed by atoms with Gasteiger partial charge in [0.1, 0.15) is 6.23 Å². The highest BCUT2D eigenvalue weighted by molar-refractivity contribution is 5.74. The molecule has 0 saturated carbocycles. The Kier molecular flexibility index (Phi) is 6.35. The van der Waals surface area contributed by atoms with Crippen LogP contribution >= 0.6 is 0 Å². The van der Waals surface area contributed by atoms with Crippen molar-refractivity contribution in [3.05, 3.63) is 0 Å². The molecule has 6 heteroatoms. The number of nitrogens with one attached hydrogen (secondary N) is 2. The van der Waals surface area contributed by atoms with Gasteiger partial charge in [0.25, 0.3) is 0 Å². The van der Waals surface area contributed by atoms with Gasteiger partial charge < -0.3 is 16.8 Å². The van der Waals surface area contributed by atoms with Crippen LogP contribution in [0, 0.1) is 5.41 Å². The predicted molar refractivity (Wildman–Crippen MR) is 45.2 cm³/mol. The van der Waals surface area contributed by atoms with Crippen molar-refractivity contribution in [2.24, 2.45) is 11.5 Å². The van der Waals surface area contributed by atoms with Gasteiger partial charge in [-0.25, -0.2) is 9.78 Å². The average Bonchev–Trinajstić information content (AvgIpc) is 1.98. The van der Waals surface area contributed by atoms with Crippen molar-refractivity contribution >= 4 is 5.96 Å². The molecule has 1 unspecified atom stereocenters. The Balaban J connectivity index is 3.13. The summed E-state index contributed by atoms with van der Waals surface area (Å²) in [5.41, 5.74) is 10.5. The van der Waals surface area contributed by atoms with E-state index < -0.39 is 6.23 Å². The fourth-order valence-corrected chi connectivity index (χ4v) is 0.698. The third-order valence-electron chi connectivity index (χ3n) is 1.20. The molecule has 0 rings (SSSR count). The number of hydrogen-bond donors (Lipinski definition) is 4. The van der Waals surface area contributed by atoms with E-state index in [4.69, 9.17) is 16.9 Å².